The Hall–Kier alpha value is -0.990. The first-order valence-electron chi connectivity index (χ1n) is 5.46. The highest BCUT2D eigenvalue weighted by Gasteiger charge is 2.32. The minimum Gasteiger partial charge on any atom is -0.381 e. The van der Waals surface area contributed by atoms with Crippen molar-refractivity contribution in [2.24, 2.45) is 5.92 Å². The van der Waals surface area contributed by atoms with Gasteiger partial charge in [-0.05, 0) is 25.2 Å². The number of nitrogen functional groups attached to an aromatic ring is 1. The maximum Gasteiger partial charge on any atom is 0.170 e. The topological polar surface area (TPSA) is 52.0 Å². The maximum absolute atomic E-state index is 5.77. The number of aromatic nitrogens is 1. The first-order valence-corrected chi connectivity index (χ1v) is 5.46. The first kappa shape index (κ1) is 9.56. The highest BCUT2D eigenvalue weighted by molar-refractivity contribution is 5.42. The Morgan fingerprint density at radius 3 is 2.79 bits per heavy atom. The van der Waals surface area contributed by atoms with Crippen LogP contribution in [0.5, 0.6) is 0 Å². The molecule has 2 rings (SSSR count). The average Bonchev–Trinajstić information content (AvgIpc) is 2.44. The molecule has 1 saturated carbocycles. The van der Waals surface area contributed by atoms with Gasteiger partial charge in [0.15, 0.2) is 5.82 Å². The van der Waals surface area contributed by atoms with E-state index in [1.54, 1.807) is 0 Å². The second-order valence-corrected chi connectivity index (χ2v) is 4.43. The Labute approximate surface area is 84.7 Å². The third-order valence-corrected chi connectivity index (χ3v) is 3.09. The minimum absolute atomic E-state index is 0.580. The van der Waals surface area contributed by atoms with Crippen LogP contribution in [0.2, 0.25) is 0 Å². The molecule has 78 valence electrons. The molecule has 0 saturated heterocycles. The second kappa shape index (κ2) is 3.64. The average molecular weight is 194 g/mol. The van der Waals surface area contributed by atoms with Gasteiger partial charge in [0.2, 0.25) is 0 Å². The molecule has 2 N–H and O–H groups in total. The van der Waals surface area contributed by atoms with Gasteiger partial charge in [0.1, 0.15) is 5.76 Å². The molecule has 1 aliphatic carbocycles. The number of nitrogens with zero attached hydrogens (tertiary/aromatic N) is 1. The van der Waals surface area contributed by atoms with Crippen molar-refractivity contribution in [3.63, 3.8) is 0 Å². The van der Waals surface area contributed by atoms with E-state index in [9.17, 15) is 0 Å². The molecule has 3 nitrogen and oxygen atoms in total. The molecule has 1 heterocycles. The van der Waals surface area contributed by atoms with Crippen LogP contribution in [0.4, 0.5) is 5.82 Å². The summed E-state index contributed by atoms with van der Waals surface area (Å²) in [4.78, 5) is 0. The van der Waals surface area contributed by atoms with Gasteiger partial charge in [-0.1, -0.05) is 25.4 Å². The van der Waals surface area contributed by atoms with Crippen LogP contribution in [0.25, 0.3) is 0 Å². The Morgan fingerprint density at radius 2 is 2.21 bits per heavy atom. The third kappa shape index (κ3) is 1.51. The molecule has 0 radical (unpaired) electrons. The fourth-order valence-electron chi connectivity index (χ4n) is 2.27. The first-order chi connectivity index (χ1) is 6.72. The van der Waals surface area contributed by atoms with Crippen LogP contribution in [0, 0.1) is 5.92 Å². The van der Waals surface area contributed by atoms with Gasteiger partial charge in [0.05, 0.1) is 0 Å². The van der Waals surface area contributed by atoms with Gasteiger partial charge < -0.3 is 10.3 Å². The van der Waals surface area contributed by atoms with Gasteiger partial charge >= 0.3 is 0 Å². The molecule has 0 amide bonds. The third-order valence-electron chi connectivity index (χ3n) is 3.09. The lowest BCUT2D eigenvalue weighted by Crippen LogP contribution is -2.19. The van der Waals surface area contributed by atoms with Gasteiger partial charge in [-0.25, -0.2) is 0 Å². The van der Waals surface area contributed by atoms with E-state index in [-0.39, 0.29) is 0 Å². The highest BCUT2D eigenvalue weighted by atomic mass is 16.5. The monoisotopic (exact) mass is 194 g/mol. The molecular formula is C11H18N2O. The van der Waals surface area contributed by atoms with Crippen LogP contribution in [0.1, 0.15) is 50.4 Å². The van der Waals surface area contributed by atoms with Crippen molar-refractivity contribution in [1.82, 2.24) is 5.16 Å². The van der Waals surface area contributed by atoms with E-state index in [4.69, 9.17) is 10.3 Å². The predicted octanol–water partition coefficient (Wildman–Crippen LogP) is 2.72. The number of hydrogen-bond donors (Lipinski definition) is 1. The molecule has 1 aromatic heterocycles. The summed E-state index contributed by atoms with van der Waals surface area (Å²) in [5.74, 6) is 3.07. The van der Waals surface area contributed by atoms with Gasteiger partial charge in [-0.2, -0.15) is 0 Å². The summed E-state index contributed by atoms with van der Waals surface area (Å²) in [6, 6.07) is 0. The van der Waals surface area contributed by atoms with E-state index in [0.717, 1.165) is 30.1 Å². The van der Waals surface area contributed by atoms with Crippen molar-refractivity contribution in [2.75, 3.05) is 5.73 Å². The van der Waals surface area contributed by atoms with E-state index in [1.165, 1.54) is 12.8 Å². The van der Waals surface area contributed by atoms with E-state index in [0.29, 0.717) is 11.7 Å². The lowest BCUT2D eigenvalue weighted by molar-refractivity contribution is 0.232. The molecular weight excluding hydrogens is 176 g/mol. The molecule has 3 heteroatoms. The smallest absolute Gasteiger partial charge is 0.170 e. The predicted molar refractivity (Wildman–Crippen MR) is 56.0 cm³/mol. The Kier molecular flexibility index (Phi) is 2.48. The van der Waals surface area contributed by atoms with E-state index < -0.39 is 0 Å². The van der Waals surface area contributed by atoms with Crippen LogP contribution in [0.3, 0.4) is 0 Å². The highest BCUT2D eigenvalue weighted by Crippen LogP contribution is 2.43. The summed E-state index contributed by atoms with van der Waals surface area (Å²) in [7, 11) is 0. The van der Waals surface area contributed by atoms with E-state index in [1.807, 2.05) is 0 Å². The molecule has 0 spiro atoms. The molecule has 1 aliphatic rings. The number of nitrogens with two attached hydrogens (primary N) is 1. The van der Waals surface area contributed by atoms with E-state index in [2.05, 4.69) is 19.0 Å². The van der Waals surface area contributed by atoms with Crippen molar-refractivity contribution in [3.8, 4) is 0 Å². The standard InChI is InChI=1S/C11H18N2O/c1-3-4-9-10(14-13-11(9)12)8-5-7(2)6-8/h7-8H,3-6H2,1-2H3,(H2,12,13). The summed E-state index contributed by atoms with van der Waals surface area (Å²) >= 11 is 0. The van der Waals surface area contributed by atoms with Crippen molar-refractivity contribution < 1.29 is 4.52 Å². The zero-order valence-corrected chi connectivity index (χ0v) is 8.92. The molecule has 0 unspecified atom stereocenters. The van der Waals surface area contributed by atoms with E-state index >= 15 is 0 Å². The number of rotatable bonds is 3. The number of anilines is 1. The van der Waals surface area contributed by atoms with Crippen LogP contribution in [-0.4, -0.2) is 5.16 Å². The van der Waals surface area contributed by atoms with Crippen molar-refractivity contribution in [2.45, 2.75) is 45.4 Å². The van der Waals surface area contributed by atoms with Crippen LogP contribution in [-0.2, 0) is 6.42 Å². The lowest BCUT2D eigenvalue weighted by Gasteiger charge is -2.31. The molecule has 14 heavy (non-hydrogen) atoms. The van der Waals surface area contributed by atoms with Crippen LogP contribution < -0.4 is 5.73 Å². The maximum atomic E-state index is 5.77. The van der Waals surface area contributed by atoms with Gasteiger partial charge in [-0.3, -0.25) is 0 Å². The molecule has 0 aromatic carbocycles. The lowest BCUT2D eigenvalue weighted by atomic mass is 9.74. The Balaban J connectivity index is 2.16. The van der Waals surface area contributed by atoms with Crippen molar-refractivity contribution >= 4 is 5.82 Å². The van der Waals surface area contributed by atoms with Gasteiger partial charge in [0, 0.05) is 11.5 Å². The summed E-state index contributed by atoms with van der Waals surface area (Å²) in [6.07, 6.45) is 4.55. The quantitative estimate of drug-likeness (QED) is 0.804. The Morgan fingerprint density at radius 1 is 1.50 bits per heavy atom. The summed E-state index contributed by atoms with van der Waals surface area (Å²) in [5.41, 5.74) is 6.93. The van der Waals surface area contributed by atoms with Crippen molar-refractivity contribution in [1.29, 1.82) is 0 Å². The summed E-state index contributed by atoms with van der Waals surface area (Å²) in [5, 5.41) is 3.87. The Bertz CT molecular complexity index is 313. The normalized spacial score (nSPS) is 26.1. The second-order valence-electron chi connectivity index (χ2n) is 4.43. The minimum atomic E-state index is 0.580. The van der Waals surface area contributed by atoms with Crippen LogP contribution >= 0.6 is 0 Å². The molecule has 0 aliphatic heterocycles. The molecule has 0 atom stereocenters. The van der Waals surface area contributed by atoms with Crippen molar-refractivity contribution in [3.05, 3.63) is 11.3 Å². The fraction of sp³-hybridized carbons (Fsp3) is 0.727. The molecule has 1 aromatic rings. The summed E-state index contributed by atoms with van der Waals surface area (Å²) < 4.78 is 5.33. The molecule has 0 bridgehead atoms. The fourth-order valence-corrected chi connectivity index (χ4v) is 2.27. The zero-order chi connectivity index (χ0) is 10.1. The summed E-state index contributed by atoms with van der Waals surface area (Å²) in [6.45, 7) is 4.43. The van der Waals surface area contributed by atoms with Crippen LogP contribution in [0.15, 0.2) is 4.52 Å². The molecule has 1 fully saturated rings. The van der Waals surface area contributed by atoms with Gasteiger partial charge in [-0.15, -0.1) is 0 Å². The number of hydrogen-bond acceptors (Lipinski definition) is 3. The van der Waals surface area contributed by atoms with Gasteiger partial charge in [0.25, 0.3) is 0 Å². The SMILES string of the molecule is CCCc1c(N)noc1C1CC(C)C1. The largest absolute Gasteiger partial charge is 0.381 e. The zero-order valence-electron chi connectivity index (χ0n) is 8.92.